The Morgan fingerprint density at radius 3 is 2.54 bits per heavy atom. The number of anilines is 2. The molecule has 1 saturated heterocycles. The van der Waals surface area contributed by atoms with E-state index in [2.05, 4.69) is 10.6 Å². The van der Waals surface area contributed by atoms with E-state index < -0.39 is 23.8 Å². The summed E-state index contributed by atoms with van der Waals surface area (Å²) in [5, 5.41) is 5.32. The van der Waals surface area contributed by atoms with E-state index in [1.54, 1.807) is 24.3 Å². The molecule has 2 N–H and O–H groups in total. The topological polar surface area (TPSA) is 97.0 Å². The average Bonchev–Trinajstić information content (AvgIpc) is 2.67. The summed E-state index contributed by atoms with van der Waals surface area (Å²) in [6, 6.07) is 11.3. The van der Waals surface area contributed by atoms with Crippen LogP contribution in [0.4, 0.5) is 16.2 Å². The molecule has 0 radical (unpaired) electrons. The molecule has 1 heterocycles. The third kappa shape index (κ3) is 3.75. The number of hydrogen-bond donors (Lipinski definition) is 2. The van der Waals surface area contributed by atoms with Crippen molar-refractivity contribution >= 4 is 29.2 Å². The normalized spacial score (nSPS) is 16.4. The molecule has 0 aliphatic carbocycles. The van der Waals surface area contributed by atoms with Gasteiger partial charge in [0, 0.05) is 18.3 Å². The minimum Gasteiger partial charge on any atom is -0.493 e. The molecule has 0 aromatic heterocycles. The van der Waals surface area contributed by atoms with Crippen molar-refractivity contribution < 1.29 is 23.9 Å². The maximum atomic E-state index is 12.9. The van der Waals surface area contributed by atoms with E-state index in [-0.39, 0.29) is 12.2 Å². The summed E-state index contributed by atoms with van der Waals surface area (Å²) in [4.78, 5) is 38.8. The summed E-state index contributed by atoms with van der Waals surface area (Å²) in [6.07, 6.45) is 0. The van der Waals surface area contributed by atoms with Crippen molar-refractivity contribution in [1.29, 1.82) is 0 Å². The molecular weight excluding hydrogens is 362 g/mol. The Bertz CT molecular complexity index is 928. The van der Waals surface area contributed by atoms with Crippen LogP contribution in [0.2, 0.25) is 0 Å². The fourth-order valence-corrected chi connectivity index (χ4v) is 2.98. The van der Waals surface area contributed by atoms with Gasteiger partial charge < -0.3 is 20.1 Å². The molecule has 146 valence electrons. The van der Waals surface area contributed by atoms with Crippen molar-refractivity contribution in [2.45, 2.75) is 6.92 Å². The Kier molecular flexibility index (Phi) is 5.49. The Labute approximate surface area is 162 Å². The quantitative estimate of drug-likeness (QED) is 0.773. The molecule has 28 heavy (non-hydrogen) atoms. The summed E-state index contributed by atoms with van der Waals surface area (Å²) >= 11 is 0. The first-order chi connectivity index (χ1) is 13.4. The lowest BCUT2D eigenvalue weighted by molar-refractivity contribution is -0.130. The number of benzene rings is 2. The minimum atomic E-state index is -1.05. The van der Waals surface area contributed by atoms with Gasteiger partial charge in [-0.25, -0.2) is 9.69 Å². The van der Waals surface area contributed by atoms with Crippen LogP contribution in [0, 0.1) is 12.8 Å². The van der Waals surface area contributed by atoms with Crippen molar-refractivity contribution in [2.75, 3.05) is 31.0 Å². The molecule has 3 rings (SSSR count). The molecule has 0 spiro atoms. The van der Waals surface area contributed by atoms with Crippen molar-refractivity contribution in [3.8, 4) is 11.5 Å². The second kappa shape index (κ2) is 7.99. The summed E-state index contributed by atoms with van der Waals surface area (Å²) in [7, 11) is 2.94. The zero-order valence-corrected chi connectivity index (χ0v) is 15.8. The Morgan fingerprint density at radius 1 is 1.11 bits per heavy atom. The number of carbonyl (C=O) groups is 3. The molecule has 0 bridgehead atoms. The van der Waals surface area contributed by atoms with Crippen LogP contribution in [0.5, 0.6) is 11.5 Å². The van der Waals surface area contributed by atoms with Gasteiger partial charge in [-0.15, -0.1) is 0 Å². The van der Waals surface area contributed by atoms with Crippen molar-refractivity contribution in [1.82, 2.24) is 5.32 Å². The van der Waals surface area contributed by atoms with Crippen LogP contribution in [0.25, 0.3) is 0 Å². The lowest BCUT2D eigenvalue weighted by Crippen LogP contribution is -2.58. The molecule has 1 unspecified atom stereocenters. The molecule has 4 amide bonds. The van der Waals surface area contributed by atoms with Gasteiger partial charge in [0.25, 0.3) is 0 Å². The lowest BCUT2D eigenvalue weighted by Gasteiger charge is -2.31. The van der Waals surface area contributed by atoms with Crippen LogP contribution in [0.3, 0.4) is 0 Å². The third-order valence-corrected chi connectivity index (χ3v) is 4.41. The Balaban J connectivity index is 1.84. The van der Waals surface area contributed by atoms with Crippen molar-refractivity contribution in [3.63, 3.8) is 0 Å². The summed E-state index contributed by atoms with van der Waals surface area (Å²) in [5.74, 6) is -1.31. The summed E-state index contributed by atoms with van der Waals surface area (Å²) in [5.41, 5.74) is 1.86. The zero-order chi connectivity index (χ0) is 20.3. The molecule has 0 saturated carbocycles. The van der Waals surface area contributed by atoms with Crippen LogP contribution in [-0.4, -0.2) is 38.6 Å². The van der Waals surface area contributed by atoms with E-state index in [0.29, 0.717) is 17.2 Å². The van der Waals surface area contributed by atoms with Gasteiger partial charge in [0.2, 0.25) is 11.8 Å². The minimum absolute atomic E-state index is 0.0703. The molecule has 1 fully saturated rings. The van der Waals surface area contributed by atoms with Gasteiger partial charge in [0.05, 0.1) is 19.9 Å². The second-order valence-electron chi connectivity index (χ2n) is 6.31. The van der Waals surface area contributed by atoms with Crippen LogP contribution in [-0.2, 0) is 9.59 Å². The van der Waals surface area contributed by atoms with Crippen LogP contribution in [0.1, 0.15) is 5.56 Å². The van der Waals surface area contributed by atoms with Gasteiger partial charge in [-0.3, -0.25) is 9.59 Å². The molecule has 8 nitrogen and oxygen atoms in total. The van der Waals surface area contributed by atoms with E-state index >= 15 is 0 Å². The highest BCUT2D eigenvalue weighted by Crippen LogP contribution is 2.32. The SMILES string of the molecule is COc1ccc(N2C(=O)NCC(C(=O)Nc3cccc(C)c3)C2=O)cc1OC. The molecule has 1 aliphatic rings. The molecule has 8 heteroatoms. The number of urea groups is 1. The fraction of sp³-hybridized carbons (Fsp3) is 0.250. The number of imide groups is 1. The van der Waals surface area contributed by atoms with Gasteiger partial charge in [-0.05, 0) is 36.8 Å². The van der Waals surface area contributed by atoms with E-state index in [1.807, 2.05) is 19.1 Å². The number of methoxy groups -OCH3 is 2. The Morgan fingerprint density at radius 2 is 1.86 bits per heavy atom. The van der Waals surface area contributed by atoms with E-state index in [0.717, 1.165) is 10.5 Å². The molecule has 1 atom stereocenters. The Hall–Kier alpha value is -3.55. The largest absolute Gasteiger partial charge is 0.493 e. The monoisotopic (exact) mass is 383 g/mol. The van der Waals surface area contributed by atoms with Crippen LogP contribution in [0.15, 0.2) is 42.5 Å². The van der Waals surface area contributed by atoms with Gasteiger partial charge in [-0.2, -0.15) is 0 Å². The maximum Gasteiger partial charge on any atom is 0.328 e. The van der Waals surface area contributed by atoms with E-state index in [1.165, 1.54) is 20.3 Å². The van der Waals surface area contributed by atoms with Crippen LogP contribution >= 0.6 is 0 Å². The number of carbonyl (C=O) groups excluding carboxylic acids is 3. The third-order valence-electron chi connectivity index (χ3n) is 4.41. The van der Waals surface area contributed by atoms with Gasteiger partial charge >= 0.3 is 6.03 Å². The van der Waals surface area contributed by atoms with Crippen molar-refractivity contribution in [2.24, 2.45) is 5.92 Å². The first-order valence-electron chi connectivity index (χ1n) is 8.66. The highest BCUT2D eigenvalue weighted by atomic mass is 16.5. The predicted molar refractivity (Wildman–Crippen MR) is 104 cm³/mol. The van der Waals surface area contributed by atoms with E-state index in [4.69, 9.17) is 9.47 Å². The van der Waals surface area contributed by atoms with Crippen molar-refractivity contribution in [3.05, 3.63) is 48.0 Å². The summed E-state index contributed by atoms with van der Waals surface area (Å²) in [6.45, 7) is 1.83. The first kappa shape index (κ1) is 19.2. The standard InChI is InChI=1S/C20H21N3O5/c1-12-5-4-6-13(9-12)22-18(24)15-11-21-20(26)23(19(15)25)14-7-8-16(27-2)17(10-14)28-3/h4-10,15H,11H2,1-3H3,(H,21,26)(H,22,24). The fourth-order valence-electron chi connectivity index (χ4n) is 2.98. The number of nitrogens with one attached hydrogen (secondary N) is 2. The maximum absolute atomic E-state index is 12.9. The number of aryl methyl sites for hydroxylation is 1. The number of hydrogen-bond acceptors (Lipinski definition) is 5. The van der Waals surface area contributed by atoms with Crippen LogP contribution < -0.4 is 25.0 Å². The van der Waals surface area contributed by atoms with Gasteiger partial charge in [0.15, 0.2) is 11.5 Å². The van der Waals surface area contributed by atoms with E-state index in [9.17, 15) is 14.4 Å². The number of nitrogens with zero attached hydrogens (tertiary/aromatic N) is 1. The van der Waals surface area contributed by atoms with Gasteiger partial charge in [0.1, 0.15) is 5.92 Å². The number of amides is 4. The number of rotatable bonds is 5. The second-order valence-corrected chi connectivity index (χ2v) is 6.31. The lowest BCUT2D eigenvalue weighted by atomic mass is 10.0. The molecule has 2 aromatic carbocycles. The predicted octanol–water partition coefficient (Wildman–Crippen LogP) is 2.32. The first-order valence-corrected chi connectivity index (χ1v) is 8.66. The molecule has 1 aliphatic heterocycles. The summed E-state index contributed by atoms with van der Waals surface area (Å²) < 4.78 is 10.4. The zero-order valence-electron chi connectivity index (χ0n) is 15.8. The number of ether oxygens (including phenoxy) is 2. The highest BCUT2D eigenvalue weighted by Gasteiger charge is 2.39. The molecule has 2 aromatic rings. The highest BCUT2D eigenvalue weighted by molar-refractivity contribution is 6.23. The average molecular weight is 383 g/mol. The van der Waals surface area contributed by atoms with Gasteiger partial charge in [-0.1, -0.05) is 12.1 Å². The molecular formula is C20H21N3O5. The smallest absolute Gasteiger partial charge is 0.328 e.